The Morgan fingerprint density at radius 3 is 1.71 bits per heavy atom. The second-order valence-electron chi connectivity index (χ2n) is 14.0. The van der Waals surface area contributed by atoms with Crippen molar-refractivity contribution in [3.05, 3.63) is 170 Å². The van der Waals surface area contributed by atoms with Gasteiger partial charge in [-0.25, -0.2) is 15.0 Å². The van der Waals surface area contributed by atoms with Gasteiger partial charge in [0, 0.05) is 49.0 Å². The van der Waals surface area contributed by atoms with Crippen molar-refractivity contribution >= 4 is 76.5 Å². The van der Waals surface area contributed by atoms with Crippen molar-refractivity contribution in [2.45, 2.75) is 0 Å². The number of fused-ring (bicyclic) bond motifs is 10. The maximum Gasteiger partial charge on any atom is 0.166 e. The SMILES string of the molecule is c1ccc(-c2nc(-c3ccc4c(c3)oc3ccccc34)nc(-c3cc4oc5ccccc5c4cc3-n3c4ccccc4c4cc5ccccc5cc43)n2)cc1. The summed E-state index contributed by atoms with van der Waals surface area (Å²) in [6.45, 7) is 0. The molecule has 6 heteroatoms. The van der Waals surface area contributed by atoms with E-state index < -0.39 is 0 Å². The smallest absolute Gasteiger partial charge is 0.166 e. The first-order valence-corrected chi connectivity index (χ1v) is 18.3. The summed E-state index contributed by atoms with van der Waals surface area (Å²) in [5.41, 5.74) is 8.91. The number of nitrogens with zero attached hydrogens (tertiary/aromatic N) is 4. The van der Waals surface area contributed by atoms with Crippen LogP contribution in [0.1, 0.15) is 0 Å². The van der Waals surface area contributed by atoms with Crippen LogP contribution >= 0.6 is 0 Å². The molecule has 0 amide bonds. The minimum Gasteiger partial charge on any atom is -0.456 e. The van der Waals surface area contributed by atoms with Gasteiger partial charge in [-0.2, -0.15) is 0 Å². The van der Waals surface area contributed by atoms with Gasteiger partial charge in [-0.1, -0.05) is 115 Å². The van der Waals surface area contributed by atoms with Gasteiger partial charge in [0.15, 0.2) is 17.5 Å². The molecule has 4 aromatic heterocycles. The number of hydrogen-bond donors (Lipinski definition) is 0. The molecular formula is C49H28N4O2. The molecule has 0 bridgehead atoms. The van der Waals surface area contributed by atoms with E-state index in [0.717, 1.165) is 77.3 Å². The number of furan rings is 2. The van der Waals surface area contributed by atoms with Crippen molar-refractivity contribution in [1.29, 1.82) is 0 Å². The van der Waals surface area contributed by atoms with Crippen LogP contribution in [0.5, 0.6) is 0 Å². The average molecular weight is 705 g/mol. The lowest BCUT2D eigenvalue weighted by Crippen LogP contribution is -2.04. The van der Waals surface area contributed by atoms with Gasteiger partial charge >= 0.3 is 0 Å². The van der Waals surface area contributed by atoms with Gasteiger partial charge in [0.2, 0.25) is 0 Å². The summed E-state index contributed by atoms with van der Waals surface area (Å²) in [4.78, 5) is 15.6. The lowest BCUT2D eigenvalue weighted by Gasteiger charge is -2.15. The Kier molecular flexibility index (Phi) is 6.24. The minimum absolute atomic E-state index is 0.539. The van der Waals surface area contributed by atoms with Gasteiger partial charge in [-0.3, -0.25) is 0 Å². The van der Waals surface area contributed by atoms with E-state index in [1.807, 2.05) is 66.7 Å². The molecule has 0 aliphatic heterocycles. The summed E-state index contributed by atoms with van der Waals surface area (Å²) in [6.07, 6.45) is 0. The van der Waals surface area contributed by atoms with Crippen molar-refractivity contribution in [3.8, 4) is 39.9 Å². The van der Waals surface area contributed by atoms with Crippen LogP contribution in [0, 0.1) is 0 Å². The number of para-hydroxylation sites is 3. The topological polar surface area (TPSA) is 69.9 Å². The molecule has 0 saturated carbocycles. The third kappa shape index (κ3) is 4.58. The molecule has 0 aliphatic rings. The highest BCUT2D eigenvalue weighted by molar-refractivity contribution is 6.15. The zero-order valence-corrected chi connectivity index (χ0v) is 29.3. The minimum atomic E-state index is 0.539. The quantitative estimate of drug-likeness (QED) is 0.182. The highest BCUT2D eigenvalue weighted by Gasteiger charge is 2.23. The largest absolute Gasteiger partial charge is 0.456 e. The molecule has 0 atom stereocenters. The molecule has 0 spiro atoms. The summed E-state index contributed by atoms with van der Waals surface area (Å²) < 4.78 is 15.2. The molecule has 8 aromatic carbocycles. The average Bonchev–Trinajstić information content (AvgIpc) is 3.91. The monoisotopic (exact) mass is 704 g/mol. The van der Waals surface area contributed by atoms with Crippen molar-refractivity contribution in [3.63, 3.8) is 0 Å². The third-order valence-corrected chi connectivity index (χ3v) is 10.8. The number of hydrogen-bond acceptors (Lipinski definition) is 5. The maximum atomic E-state index is 6.53. The predicted molar refractivity (Wildman–Crippen MR) is 223 cm³/mol. The second-order valence-corrected chi connectivity index (χ2v) is 14.0. The zero-order chi connectivity index (χ0) is 36.0. The van der Waals surface area contributed by atoms with E-state index >= 15 is 0 Å². The lowest BCUT2D eigenvalue weighted by atomic mass is 10.0. The normalized spacial score (nSPS) is 12.0. The first-order chi connectivity index (χ1) is 27.2. The van der Waals surface area contributed by atoms with Crippen LogP contribution in [0.3, 0.4) is 0 Å². The summed E-state index contributed by atoms with van der Waals surface area (Å²) in [7, 11) is 0. The second kappa shape index (κ2) is 11.5. The fourth-order valence-corrected chi connectivity index (χ4v) is 8.25. The standard InChI is InChI=1S/C49H28N4O2/c1-2-12-29(13-3-1)47-50-48(32-22-23-36-34-17-7-10-20-43(34)54-45(36)26-32)52-49(51-47)39-28-46-38(35-18-8-11-21-44(35)55-46)27-42(39)53-40-19-9-6-16-33(40)37-24-30-14-4-5-15-31(30)25-41(37)53/h1-28H. The molecule has 0 saturated heterocycles. The Morgan fingerprint density at radius 1 is 0.345 bits per heavy atom. The van der Waals surface area contributed by atoms with E-state index in [-0.39, 0.29) is 0 Å². The fourth-order valence-electron chi connectivity index (χ4n) is 8.25. The third-order valence-electron chi connectivity index (χ3n) is 10.8. The van der Waals surface area contributed by atoms with Crippen molar-refractivity contribution in [2.24, 2.45) is 0 Å². The maximum absolute atomic E-state index is 6.53. The Labute approximate surface area is 313 Å². The molecule has 4 heterocycles. The van der Waals surface area contributed by atoms with E-state index in [4.69, 9.17) is 23.8 Å². The summed E-state index contributed by atoms with van der Waals surface area (Å²) in [5, 5.41) is 8.92. The van der Waals surface area contributed by atoms with E-state index in [1.54, 1.807) is 0 Å². The van der Waals surface area contributed by atoms with Gasteiger partial charge in [0.05, 0.1) is 16.7 Å². The molecular weight excluding hydrogens is 677 g/mol. The van der Waals surface area contributed by atoms with E-state index in [2.05, 4.69) is 108 Å². The van der Waals surface area contributed by atoms with Crippen molar-refractivity contribution < 1.29 is 8.83 Å². The molecule has 256 valence electrons. The molecule has 0 radical (unpaired) electrons. The Bertz CT molecular complexity index is 3500. The summed E-state index contributed by atoms with van der Waals surface area (Å²) >= 11 is 0. The van der Waals surface area contributed by atoms with Gasteiger partial charge in [0.1, 0.15) is 22.3 Å². The van der Waals surface area contributed by atoms with Crippen LogP contribution in [0.15, 0.2) is 179 Å². The Balaban J connectivity index is 1.18. The lowest BCUT2D eigenvalue weighted by molar-refractivity contribution is 0.668. The molecule has 55 heavy (non-hydrogen) atoms. The predicted octanol–water partition coefficient (Wildman–Crippen LogP) is 12.9. The number of aromatic nitrogens is 4. The number of rotatable bonds is 4. The fraction of sp³-hybridized carbons (Fsp3) is 0. The molecule has 6 nitrogen and oxygen atoms in total. The van der Waals surface area contributed by atoms with Crippen LogP contribution in [-0.4, -0.2) is 19.5 Å². The first-order valence-electron chi connectivity index (χ1n) is 18.3. The van der Waals surface area contributed by atoms with E-state index in [9.17, 15) is 0 Å². The molecule has 12 aromatic rings. The van der Waals surface area contributed by atoms with Gasteiger partial charge in [-0.15, -0.1) is 0 Å². The van der Waals surface area contributed by atoms with Gasteiger partial charge < -0.3 is 13.4 Å². The van der Waals surface area contributed by atoms with Crippen LogP contribution in [-0.2, 0) is 0 Å². The molecule has 0 fully saturated rings. The first kappa shape index (κ1) is 29.9. The molecule has 12 rings (SSSR count). The van der Waals surface area contributed by atoms with Crippen LogP contribution in [0.25, 0.3) is 116 Å². The summed E-state index contributed by atoms with van der Waals surface area (Å²) in [5.74, 6) is 1.67. The zero-order valence-electron chi connectivity index (χ0n) is 29.3. The van der Waals surface area contributed by atoms with Gasteiger partial charge in [0.25, 0.3) is 0 Å². The van der Waals surface area contributed by atoms with Crippen LogP contribution < -0.4 is 0 Å². The number of benzene rings is 8. The van der Waals surface area contributed by atoms with Crippen LogP contribution in [0.4, 0.5) is 0 Å². The highest BCUT2D eigenvalue weighted by Crippen LogP contribution is 2.42. The molecule has 0 unspecified atom stereocenters. The Hall–Kier alpha value is -7.57. The van der Waals surface area contributed by atoms with E-state index in [1.165, 1.54) is 21.5 Å². The van der Waals surface area contributed by atoms with Crippen molar-refractivity contribution in [2.75, 3.05) is 0 Å². The highest BCUT2D eigenvalue weighted by atomic mass is 16.3. The molecule has 0 N–H and O–H groups in total. The van der Waals surface area contributed by atoms with E-state index in [0.29, 0.717) is 17.5 Å². The Morgan fingerprint density at radius 2 is 0.927 bits per heavy atom. The van der Waals surface area contributed by atoms with Crippen molar-refractivity contribution in [1.82, 2.24) is 19.5 Å². The van der Waals surface area contributed by atoms with Crippen LogP contribution in [0.2, 0.25) is 0 Å². The summed E-state index contributed by atoms with van der Waals surface area (Å²) in [6, 6.07) is 58.7. The molecule has 0 aliphatic carbocycles. The van der Waals surface area contributed by atoms with Gasteiger partial charge in [-0.05, 0) is 65.4 Å².